The minimum absolute atomic E-state index is 0.350. The Morgan fingerprint density at radius 1 is 1.39 bits per heavy atom. The van der Waals surface area contributed by atoms with E-state index in [-0.39, 0.29) is 0 Å². The Morgan fingerprint density at radius 2 is 2.22 bits per heavy atom. The molecule has 1 aliphatic heterocycles. The highest BCUT2D eigenvalue weighted by Gasteiger charge is 2.18. The number of ether oxygens (including phenoxy) is 1. The Kier molecular flexibility index (Phi) is 2.51. The third-order valence-corrected chi connectivity index (χ3v) is 3.39. The second-order valence-electron chi connectivity index (χ2n) is 4.97. The van der Waals surface area contributed by atoms with Gasteiger partial charge in [-0.2, -0.15) is 5.10 Å². The van der Waals surface area contributed by atoms with E-state index in [9.17, 15) is 0 Å². The molecule has 1 aromatic carbocycles. The van der Waals surface area contributed by atoms with Gasteiger partial charge in [-0.05, 0) is 29.7 Å². The van der Waals surface area contributed by atoms with Crippen molar-refractivity contribution in [1.82, 2.24) is 10.2 Å². The molecule has 4 heteroatoms. The quantitative estimate of drug-likeness (QED) is 0.852. The van der Waals surface area contributed by atoms with Crippen molar-refractivity contribution < 1.29 is 4.74 Å². The lowest BCUT2D eigenvalue weighted by Gasteiger charge is -2.08. The van der Waals surface area contributed by atoms with Gasteiger partial charge in [0.25, 0.3) is 0 Å². The van der Waals surface area contributed by atoms with Crippen LogP contribution in [0.15, 0.2) is 18.2 Å². The Hall–Kier alpha value is -1.97. The fraction of sp³-hybridized carbons (Fsp3) is 0.357. The van der Waals surface area contributed by atoms with Gasteiger partial charge in [-0.15, -0.1) is 0 Å². The normalized spacial score (nSPS) is 13.7. The maximum absolute atomic E-state index is 5.93. The predicted octanol–water partition coefficient (Wildman–Crippen LogP) is 2.72. The van der Waals surface area contributed by atoms with Crippen LogP contribution < -0.4 is 10.5 Å². The molecule has 0 saturated carbocycles. The smallest absolute Gasteiger partial charge is 0.149 e. The van der Waals surface area contributed by atoms with Crippen LogP contribution in [0, 0.1) is 0 Å². The average molecular weight is 243 g/mol. The van der Waals surface area contributed by atoms with Crippen LogP contribution in [0.2, 0.25) is 0 Å². The van der Waals surface area contributed by atoms with E-state index in [0.717, 1.165) is 35.6 Å². The molecule has 3 N–H and O–H groups in total. The molecule has 0 spiro atoms. The van der Waals surface area contributed by atoms with Crippen LogP contribution in [-0.4, -0.2) is 16.8 Å². The molecule has 0 unspecified atom stereocenters. The number of fused-ring (bicyclic) bond motifs is 1. The Morgan fingerprint density at radius 3 is 3.00 bits per heavy atom. The largest absolute Gasteiger partial charge is 0.493 e. The third-order valence-electron chi connectivity index (χ3n) is 3.39. The van der Waals surface area contributed by atoms with Gasteiger partial charge in [0.15, 0.2) is 0 Å². The minimum Gasteiger partial charge on any atom is -0.493 e. The predicted molar refractivity (Wildman–Crippen MR) is 71.7 cm³/mol. The van der Waals surface area contributed by atoms with E-state index < -0.39 is 0 Å². The number of nitrogens with zero attached hydrogens (tertiary/aromatic N) is 1. The number of hydrogen-bond acceptors (Lipinski definition) is 3. The molecule has 0 fully saturated rings. The number of nitrogens with one attached hydrogen (secondary N) is 1. The van der Waals surface area contributed by atoms with Crippen LogP contribution >= 0.6 is 0 Å². The summed E-state index contributed by atoms with van der Waals surface area (Å²) in [4.78, 5) is 0. The van der Waals surface area contributed by atoms with Gasteiger partial charge >= 0.3 is 0 Å². The number of aromatic amines is 1. The summed E-state index contributed by atoms with van der Waals surface area (Å²) >= 11 is 0. The summed E-state index contributed by atoms with van der Waals surface area (Å²) in [5.41, 5.74) is 10.4. The molecule has 3 rings (SSSR count). The first-order valence-electron chi connectivity index (χ1n) is 6.26. The molecule has 2 heterocycles. The molecule has 0 aliphatic carbocycles. The summed E-state index contributed by atoms with van der Waals surface area (Å²) in [6.07, 6.45) is 0.976. The summed E-state index contributed by atoms with van der Waals surface area (Å²) in [6, 6.07) is 6.25. The van der Waals surface area contributed by atoms with E-state index in [4.69, 9.17) is 10.5 Å². The van der Waals surface area contributed by atoms with Gasteiger partial charge < -0.3 is 10.5 Å². The molecule has 0 atom stereocenters. The standard InChI is InChI=1S/C14H17N3O/c1-8(2)12-13(16-17-14(12)15)10-3-4-11-9(7-10)5-6-18-11/h3-4,7-8H,5-6H2,1-2H3,(H3,15,16,17). The number of rotatable bonds is 2. The minimum atomic E-state index is 0.350. The Labute approximate surface area is 106 Å². The highest BCUT2D eigenvalue weighted by molar-refractivity contribution is 5.70. The van der Waals surface area contributed by atoms with Gasteiger partial charge in [0.2, 0.25) is 0 Å². The summed E-state index contributed by atoms with van der Waals surface area (Å²) in [6.45, 7) is 5.03. The van der Waals surface area contributed by atoms with Crippen LogP contribution in [0.3, 0.4) is 0 Å². The molecule has 0 bridgehead atoms. The van der Waals surface area contributed by atoms with Crippen molar-refractivity contribution in [2.24, 2.45) is 0 Å². The van der Waals surface area contributed by atoms with Gasteiger partial charge in [0.1, 0.15) is 11.6 Å². The van der Waals surface area contributed by atoms with Crippen molar-refractivity contribution in [1.29, 1.82) is 0 Å². The van der Waals surface area contributed by atoms with Crippen LogP contribution in [0.5, 0.6) is 5.75 Å². The number of anilines is 1. The third kappa shape index (κ3) is 1.65. The first-order valence-corrected chi connectivity index (χ1v) is 6.26. The van der Waals surface area contributed by atoms with E-state index >= 15 is 0 Å². The number of benzene rings is 1. The summed E-state index contributed by atoms with van der Waals surface area (Å²) in [7, 11) is 0. The summed E-state index contributed by atoms with van der Waals surface area (Å²) < 4.78 is 5.52. The van der Waals surface area contributed by atoms with Crippen molar-refractivity contribution >= 4 is 5.82 Å². The van der Waals surface area contributed by atoms with Gasteiger partial charge in [0.05, 0.1) is 12.3 Å². The number of H-pyrrole nitrogens is 1. The monoisotopic (exact) mass is 243 g/mol. The Balaban J connectivity index is 2.10. The van der Waals surface area contributed by atoms with E-state index in [1.165, 1.54) is 5.56 Å². The molecule has 0 radical (unpaired) electrons. The number of hydrogen-bond donors (Lipinski definition) is 2. The maximum atomic E-state index is 5.93. The van der Waals surface area contributed by atoms with Gasteiger partial charge in [0, 0.05) is 17.5 Å². The van der Waals surface area contributed by atoms with Crippen LogP contribution in [0.25, 0.3) is 11.3 Å². The molecular formula is C14H17N3O. The first-order chi connectivity index (χ1) is 8.66. The highest BCUT2D eigenvalue weighted by Crippen LogP contribution is 2.35. The van der Waals surface area contributed by atoms with Crippen molar-refractivity contribution in [3.05, 3.63) is 29.3 Å². The molecule has 94 valence electrons. The van der Waals surface area contributed by atoms with E-state index in [2.05, 4.69) is 36.2 Å². The topological polar surface area (TPSA) is 63.9 Å². The SMILES string of the molecule is CC(C)c1c(N)n[nH]c1-c1ccc2c(c1)CCO2. The lowest BCUT2D eigenvalue weighted by atomic mass is 9.97. The molecule has 1 aliphatic rings. The summed E-state index contributed by atoms with van der Waals surface area (Å²) in [5.74, 6) is 1.94. The van der Waals surface area contributed by atoms with Gasteiger partial charge in [-0.1, -0.05) is 13.8 Å². The van der Waals surface area contributed by atoms with Crippen LogP contribution in [0.4, 0.5) is 5.82 Å². The van der Waals surface area contributed by atoms with Crippen molar-refractivity contribution in [3.8, 4) is 17.0 Å². The van der Waals surface area contributed by atoms with Crippen molar-refractivity contribution in [2.45, 2.75) is 26.2 Å². The number of nitrogens with two attached hydrogens (primary N) is 1. The van der Waals surface area contributed by atoms with Crippen molar-refractivity contribution in [2.75, 3.05) is 12.3 Å². The fourth-order valence-electron chi connectivity index (χ4n) is 2.51. The molecular weight excluding hydrogens is 226 g/mol. The zero-order valence-electron chi connectivity index (χ0n) is 10.7. The molecule has 1 aromatic heterocycles. The second-order valence-corrected chi connectivity index (χ2v) is 4.97. The molecule has 0 amide bonds. The fourth-order valence-corrected chi connectivity index (χ4v) is 2.51. The molecule has 2 aromatic rings. The zero-order chi connectivity index (χ0) is 12.7. The van der Waals surface area contributed by atoms with E-state index in [0.29, 0.717) is 11.7 Å². The highest BCUT2D eigenvalue weighted by atomic mass is 16.5. The number of nitrogen functional groups attached to an aromatic ring is 1. The number of aromatic nitrogens is 2. The summed E-state index contributed by atoms with van der Waals surface area (Å²) in [5, 5.41) is 7.18. The van der Waals surface area contributed by atoms with Crippen molar-refractivity contribution in [3.63, 3.8) is 0 Å². The van der Waals surface area contributed by atoms with Crippen LogP contribution in [-0.2, 0) is 6.42 Å². The molecule has 0 saturated heterocycles. The van der Waals surface area contributed by atoms with Crippen LogP contribution in [0.1, 0.15) is 30.9 Å². The lowest BCUT2D eigenvalue weighted by molar-refractivity contribution is 0.357. The maximum Gasteiger partial charge on any atom is 0.149 e. The Bertz CT molecular complexity index is 587. The average Bonchev–Trinajstić information content (AvgIpc) is 2.93. The molecule has 4 nitrogen and oxygen atoms in total. The van der Waals surface area contributed by atoms with E-state index in [1.807, 2.05) is 6.07 Å². The van der Waals surface area contributed by atoms with Gasteiger partial charge in [-0.25, -0.2) is 0 Å². The van der Waals surface area contributed by atoms with Gasteiger partial charge in [-0.3, -0.25) is 5.10 Å². The second kappa shape index (κ2) is 4.05. The zero-order valence-corrected chi connectivity index (χ0v) is 10.7. The lowest BCUT2D eigenvalue weighted by Crippen LogP contribution is -1.95. The van der Waals surface area contributed by atoms with E-state index in [1.54, 1.807) is 0 Å². The molecule has 18 heavy (non-hydrogen) atoms. The first kappa shape index (κ1) is 11.1.